The highest BCUT2D eigenvalue weighted by molar-refractivity contribution is 5.95. The summed E-state index contributed by atoms with van der Waals surface area (Å²) in [6, 6.07) is 0. The van der Waals surface area contributed by atoms with Crippen LogP contribution >= 0.6 is 0 Å². The van der Waals surface area contributed by atoms with Crippen molar-refractivity contribution in [2.75, 3.05) is 6.61 Å². The summed E-state index contributed by atoms with van der Waals surface area (Å²) in [6.45, 7) is 13.6. The van der Waals surface area contributed by atoms with Gasteiger partial charge in [0.25, 0.3) is 0 Å². The first-order valence-electron chi connectivity index (χ1n) is 6.81. The van der Waals surface area contributed by atoms with Crippen LogP contribution in [-0.2, 0) is 14.3 Å². The summed E-state index contributed by atoms with van der Waals surface area (Å²) in [4.78, 5) is 34.6. The molecule has 0 saturated carbocycles. The standard InChI is InChI=1S/C12H22N2O4.C2H6.2H2/c1-7-18-10(17)14-12(5,6)9(16)13-11(3,4)8(2)15;1-2;;/h7H2,1-6H3,(H,13,16)(H,14,17);1-2H3;2*1H. The third kappa shape index (κ3) is 7.11. The molecule has 0 rings (SSSR count). The maximum atomic E-state index is 12.0. The summed E-state index contributed by atoms with van der Waals surface area (Å²) < 4.78 is 4.71. The zero-order chi connectivity index (χ0) is 16.6. The van der Waals surface area contributed by atoms with Gasteiger partial charge in [-0.05, 0) is 41.5 Å². The molecule has 0 saturated heterocycles. The largest absolute Gasteiger partial charge is 0.450 e. The molecule has 122 valence electrons. The third-order valence-electron chi connectivity index (χ3n) is 2.56. The molecule has 2 amide bonds. The van der Waals surface area contributed by atoms with Crippen molar-refractivity contribution < 1.29 is 22.0 Å². The van der Waals surface area contributed by atoms with Crippen molar-refractivity contribution in [3.05, 3.63) is 0 Å². The molecule has 2 N–H and O–H groups in total. The monoisotopic (exact) mass is 292 g/mol. The second-order valence-corrected chi connectivity index (χ2v) is 5.11. The van der Waals surface area contributed by atoms with Gasteiger partial charge >= 0.3 is 6.09 Å². The topological polar surface area (TPSA) is 84.5 Å². The van der Waals surface area contributed by atoms with Crippen LogP contribution in [0.25, 0.3) is 0 Å². The number of hydrogen-bond donors (Lipinski definition) is 2. The summed E-state index contributed by atoms with van der Waals surface area (Å²) in [5.41, 5.74) is -2.12. The van der Waals surface area contributed by atoms with Crippen molar-refractivity contribution in [3.8, 4) is 0 Å². The molecule has 0 bridgehead atoms. The fourth-order valence-electron chi connectivity index (χ4n) is 1.01. The average Bonchev–Trinajstić information content (AvgIpc) is 2.30. The quantitative estimate of drug-likeness (QED) is 0.815. The molecule has 0 fully saturated rings. The van der Waals surface area contributed by atoms with Crippen molar-refractivity contribution >= 4 is 17.8 Å². The second kappa shape index (κ2) is 8.55. The predicted octanol–water partition coefficient (Wildman–Crippen LogP) is 2.51. The minimum absolute atomic E-state index is 0. The molecule has 0 aromatic heterocycles. The lowest BCUT2D eigenvalue weighted by molar-refractivity contribution is -0.133. The van der Waals surface area contributed by atoms with Crippen molar-refractivity contribution in [3.63, 3.8) is 0 Å². The van der Waals surface area contributed by atoms with Gasteiger partial charge in [0.1, 0.15) is 5.54 Å². The van der Waals surface area contributed by atoms with Crippen LogP contribution < -0.4 is 10.6 Å². The van der Waals surface area contributed by atoms with Gasteiger partial charge in [0.15, 0.2) is 5.78 Å². The molecular weight excluding hydrogens is 260 g/mol. The summed E-state index contributed by atoms with van der Waals surface area (Å²) in [5.74, 6) is -0.612. The molecule has 0 aliphatic carbocycles. The second-order valence-electron chi connectivity index (χ2n) is 5.11. The van der Waals surface area contributed by atoms with E-state index in [1.54, 1.807) is 20.8 Å². The Kier molecular flexibility index (Phi) is 8.86. The Morgan fingerprint density at radius 3 is 1.80 bits per heavy atom. The highest BCUT2D eigenvalue weighted by atomic mass is 16.5. The lowest BCUT2D eigenvalue weighted by Crippen LogP contribution is -2.60. The van der Waals surface area contributed by atoms with Crippen LogP contribution in [0.3, 0.4) is 0 Å². The molecule has 0 aliphatic heterocycles. The lowest BCUT2D eigenvalue weighted by Gasteiger charge is -2.30. The van der Waals surface area contributed by atoms with Gasteiger partial charge in [0.05, 0.1) is 12.1 Å². The van der Waals surface area contributed by atoms with E-state index in [9.17, 15) is 14.4 Å². The van der Waals surface area contributed by atoms with E-state index in [1.165, 1.54) is 20.8 Å². The fraction of sp³-hybridized carbons (Fsp3) is 0.786. The number of rotatable bonds is 5. The average molecular weight is 292 g/mol. The Bertz CT molecular complexity index is 359. The van der Waals surface area contributed by atoms with Crippen LogP contribution in [0.2, 0.25) is 0 Å². The van der Waals surface area contributed by atoms with E-state index < -0.39 is 23.1 Å². The van der Waals surface area contributed by atoms with Crippen LogP contribution in [0, 0.1) is 0 Å². The molecule has 20 heavy (non-hydrogen) atoms. The van der Waals surface area contributed by atoms with Crippen molar-refractivity contribution in [2.45, 2.75) is 66.5 Å². The fourth-order valence-corrected chi connectivity index (χ4v) is 1.01. The van der Waals surface area contributed by atoms with Crippen LogP contribution in [0.15, 0.2) is 0 Å². The van der Waals surface area contributed by atoms with Crippen molar-refractivity contribution in [1.29, 1.82) is 0 Å². The highest BCUT2D eigenvalue weighted by Crippen LogP contribution is 2.09. The first-order valence-corrected chi connectivity index (χ1v) is 6.81. The first kappa shape index (κ1) is 20.7. The number of carbonyl (C=O) groups is 3. The van der Waals surface area contributed by atoms with Gasteiger partial charge in [-0.25, -0.2) is 4.79 Å². The normalized spacial score (nSPS) is 10.8. The van der Waals surface area contributed by atoms with Gasteiger partial charge < -0.3 is 15.4 Å². The Morgan fingerprint density at radius 2 is 1.45 bits per heavy atom. The van der Waals surface area contributed by atoms with Crippen LogP contribution in [0.5, 0.6) is 0 Å². The Labute approximate surface area is 124 Å². The molecule has 6 heteroatoms. The zero-order valence-electron chi connectivity index (χ0n) is 13.8. The highest BCUT2D eigenvalue weighted by Gasteiger charge is 2.35. The van der Waals surface area contributed by atoms with Crippen LogP contribution in [0.1, 0.15) is 58.2 Å². The van der Waals surface area contributed by atoms with Gasteiger partial charge in [-0.1, -0.05) is 13.8 Å². The lowest BCUT2D eigenvalue weighted by atomic mass is 9.97. The SMILES string of the molecule is CC.CCOC(=O)NC(C)(C)C(=O)NC(C)(C)C(C)=O.[HH].[HH]. The Balaban J connectivity index is -0.000000387. The molecule has 0 heterocycles. The van der Waals surface area contributed by atoms with E-state index >= 15 is 0 Å². The number of hydrogen-bond acceptors (Lipinski definition) is 4. The molecule has 0 radical (unpaired) electrons. The maximum Gasteiger partial charge on any atom is 0.407 e. The van der Waals surface area contributed by atoms with Gasteiger partial charge in [-0.3, -0.25) is 9.59 Å². The number of amides is 2. The summed E-state index contributed by atoms with van der Waals surface area (Å²) in [7, 11) is 0. The molecular formula is C14H32N2O4. The minimum atomic E-state index is -1.15. The van der Waals surface area contributed by atoms with E-state index in [4.69, 9.17) is 4.74 Å². The molecule has 6 nitrogen and oxygen atoms in total. The molecule has 0 spiro atoms. The molecule has 0 atom stereocenters. The van der Waals surface area contributed by atoms with Crippen LogP contribution in [-0.4, -0.2) is 35.5 Å². The van der Waals surface area contributed by atoms with Crippen molar-refractivity contribution in [2.24, 2.45) is 0 Å². The molecule has 0 aliphatic rings. The van der Waals surface area contributed by atoms with E-state index in [0.29, 0.717) is 0 Å². The van der Waals surface area contributed by atoms with Crippen LogP contribution in [0.4, 0.5) is 4.79 Å². The third-order valence-corrected chi connectivity index (χ3v) is 2.56. The van der Waals surface area contributed by atoms with E-state index in [1.807, 2.05) is 13.8 Å². The number of carbonyl (C=O) groups excluding carboxylic acids is 3. The summed E-state index contributed by atoms with van der Waals surface area (Å²) >= 11 is 0. The smallest absolute Gasteiger partial charge is 0.407 e. The molecule has 0 aromatic rings. The van der Waals surface area contributed by atoms with E-state index in [-0.39, 0.29) is 15.2 Å². The van der Waals surface area contributed by atoms with Gasteiger partial charge in [0, 0.05) is 2.85 Å². The number of nitrogens with one attached hydrogen (secondary N) is 2. The number of ketones is 1. The summed E-state index contributed by atoms with van der Waals surface area (Å²) in [5, 5.41) is 5.02. The molecule has 0 unspecified atom stereocenters. The van der Waals surface area contributed by atoms with Crippen molar-refractivity contribution in [1.82, 2.24) is 10.6 Å². The first-order chi connectivity index (χ1) is 9.03. The zero-order valence-corrected chi connectivity index (χ0v) is 13.8. The number of ether oxygens (including phenoxy) is 1. The minimum Gasteiger partial charge on any atom is -0.450 e. The number of Topliss-reactive ketones (excluding diaryl/α,β-unsaturated/α-hetero) is 1. The maximum absolute atomic E-state index is 12.0. The van der Waals surface area contributed by atoms with Gasteiger partial charge in [0.2, 0.25) is 5.91 Å². The number of alkyl carbamates (subject to hydrolysis) is 1. The predicted molar refractivity (Wildman–Crippen MR) is 82.7 cm³/mol. The van der Waals surface area contributed by atoms with E-state index in [0.717, 1.165) is 0 Å². The van der Waals surface area contributed by atoms with Gasteiger partial charge in [-0.2, -0.15) is 0 Å². The van der Waals surface area contributed by atoms with E-state index in [2.05, 4.69) is 10.6 Å². The Hall–Kier alpha value is -1.59. The Morgan fingerprint density at radius 1 is 1.00 bits per heavy atom. The van der Waals surface area contributed by atoms with Gasteiger partial charge in [-0.15, -0.1) is 0 Å². The summed E-state index contributed by atoms with van der Waals surface area (Å²) in [6.07, 6.45) is -0.668. The molecule has 0 aromatic carbocycles.